The van der Waals surface area contributed by atoms with E-state index in [0.29, 0.717) is 17.7 Å². The van der Waals surface area contributed by atoms with Crippen LogP contribution in [0.25, 0.3) is 0 Å². The van der Waals surface area contributed by atoms with Crippen LogP contribution in [-0.4, -0.2) is 17.4 Å². The molecule has 0 aliphatic rings. The highest BCUT2D eigenvalue weighted by atomic mass is 35.5. The molecule has 15 heavy (non-hydrogen) atoms. The Kier molecular flexibility index (Phi) is 4.12. The smallest absolute Gasteiger partial charge is 0.254 e. The van der Waals surface area contributed by atoms with Gasteiger partial charge in [0.05, 0.1) is 5.56 Å². The van der Waals surface area contributed by atoms with Crippen LogP contribution in [0, 0.1) is 6.92 Å². The number of carbonyl (C=O) groups excluding carboxylic acids is 1. The Morgan fingerprint density at radius 3 is 2.87 bits per heavy atom. The van der Waals surface area contributed by atoms with E-state index in [1.807, 2.05) is 0 Å². The van der Waals surface area contributed by atoms with Crippen LogP contribution in [-0.2, 0) is 0 Å². The molecule has 1 aromatic heterocycles. The highest BCUT2D eigenvalue weighted by Gasteiger charge is 2.14. The second kappa shape index (κ2) is 5.14. The summed E-state index contributed by atoms with van der Waals surface area (Å²) in [5.74, 6) is -0.276. The second-order valence-electron chi connectivity index (χ2n) is 2.93. The van der Waals surface area contributed by atoms with Crippen LogP contribution < -0.4 is 5.32 Å². The van der Waals surface area contributed by atoms with Crippen LogP contribution in [0.5, 0.6) is 0 Å². The van der Waals surface area contributed by atoms with Crippen molar-refractivity contribution in [3.63, 3.8) is 0 Å². The molecular formula is C10H10Cl2N2O. The highest BCUT2D eigenvalue weighted by Crippen LogP contribution is 2.20. The Labute approximate surface area is 98.1 Å². The van der Waals surface area contributed by atoms with Gasteiger partial charge in [-0.05, 0) is 18.6 Å². The predicted molar refractivity (Wildman–Crippen MR) is 61.5 cm³/mol. The predicted octanol–water partition coefficient (Wildman–Crippen LogP) is 2.61. The van der Waals surface area contributed by atoms with Crippen LogP contribution in [0.15, 0.2) is 18.7 Å². The molecule has 0 fully saturated rings. The van der Waals surface area contributed by atoms with Gasteiger partial charge in [-0.15, -0.1) is 6.58 Å². The van der Waals surface area contributed by atoms with Gasteiger partial charge >= 0.3 is 0 Å². The van der Waals surface area contributed by atoms with Gasteiger partial charge in [-0.25, -0.2) is 4.98 Å². The normalized spacial score (nSPS) is 9.80. The first-order chi connectivity index (χ1) is 7.06. The number of rotatable bonds is 3. The third-order valence-corrected chi connectivity index (χ3v) is 2.24. The first kappa shape index (κ1) is 12.0. The van der Waals surface area contributed by atoms with E-state index < -0.39 is 0 Å². The SMILES string of the molecule is C=CCNC(=O)c1c(C)cc(Cl)nc1Cl. The summed E-state index contributed by atoms with van der Waals surface area (Å²) in [7, 11) is 0. The summed E-state index contributed by atoms with van der Waals surface area (Å²) in [6.45, 7) is 5.64. The third kappa shape index (κ3) is 2.94. The Morgan fingerprint density at radius 1 is 1.67 bits per heavy atom. The van der Waals surface area contributed by atoms with Crippen molar-refractivity contribution in [2.24, 2.45) is 0 Å². The fourth-order valence-corrected chi connectivity index (χ4v) is 1.74. The van der Waals surface area contributed by atoms with Crippen LogP contribution in [0.1, 0.15) is 15.9 Å². The molecule has 0 aliphatic carbocycles. The van der Waals surface area contributed by atoms with Crippen molar-refractivity contribution in [1.29, 1.82) is 0 Å². The molecule has 0 saturated heterocycles. The molecule has 1 heterocycles. The lowest BCUT2D eigenvalue weighted by Crippen LogP contribution is -2.24. The van der Waals surface area contributed by atoms with E-state index in [4.69, 9.17) is 23.2 Å². The van der Waals surface area contributed by atoms with Gasteiger partial charge < -0.3 is 5.32 Å². The quantitative estimate of drug-likeness (QED) is 0.656. The maximum Gasteiger partial charge on any atom is 0.254 e. The molecule has 0 aliphatic heterocycles. The molecule has 0 saturated carbocycles. The van der Waals surface area contributed by atoms with Gasteiger partial charge in [0, 0.05) is 6.54 Å². The fraction of sp³-hybridized carbons (Fsp3) is 0.200. The van der Waals surface area contributed by atoms with Gasteiger partial charge in [-0.3, -0.25) is 4.79 Å². The van der Waals surface area contributed by atoms with Gasteiger partial charge in [0.15, 0.2) is 0 Å². The summed E-state index contributed by atoms with van der Waals surface area (Å²) in [5, 5.41) is 3.01. The summed E-state index contributed by atoms with van der Waals surface area (Å²) in [6, 6.07) is 1.59. The maximum absolute atomic E-state index is 11.6. The number of aryl methyl sites for hydroxylation is 1. The van der Waals surface area contributed by atoms with Gasteiger partial charge in [0.1, 0.15) is 10.3 Å². The van der Waals surface area contributed by atoms with Gasteiger partial charge in [-0.2, -0.15) is 0 Å². The van der Waals surface area contributed by atoms with Crippen molar-refractivity contribution in [3.05, 3.63) is 40.2 Å². The molecule has 1 amide bonds. The number of carbonyl (C=O) groups is 1. The van der Waals surface area contributed by atoms with E-state index in [1.54, 1.807) is 19.1 Å². The lowest BCUT2D eigenvalue weighted by molar-refractivity contribution is 0.0957. The Morgan fingerprint density at radius 2 is 2.33 bits per heavy atom. The summed E-state index contributed by atoms with van der Waals surface area (Å²) in [4.78, 5) is 15.4. The first-order valence-electron chi connectivity index (χ1n) is 4.28. The van der Waals surface area contributed by atoms with Crippen molar-refractivity contribution in [2.75, 3.05) is 6.54 Å². The topological polar surface area (TPSA) is 42.0 Å². The number of nitrogens with one attached hydrogen (secondary N) is 1. The number of hydrogen-bond acceptors (Lipinski definition) is 2. The lowest BCUT2D eigenvalue weighted by Gasteiger charge is -2.07. The summed E-state index contributed by atoms with van der Waals surface area (Å²) in [5.41, 5.74) is 1.05. The average molecular weight is 245 g/mol. The largest absolute Gasteiger partial charge is 0.348 e. The Hall–Kier alpha value is -1.06. The van der Waals surface area contributed by atoms with E-state index >= 15 is 0 Å². The molecule has 0 radical (unpaired) electrons. The number of hydrogen-bond donors (Lipinski definition) is 1. The monoisotopic (exact) mass is 244 g/mol. The van der Waals surface area contributed by atoms with Crippen molar-refractivity contribution >= 4 is 29.1 Å². The Balaban J connectivity index is 3.03. The molecule has 80 valence electrons. The zero-order valence-corrected chi connectivity index (χ0v) is 9.69. The third-order valence-electron chi connectivity index (χ3n) is 1.78. The van der Waals surface area contributed by atoms with Gasteiger partial charge in [0.2, 0.25) is 0 Å². The minimum absolute atomic E-state index is 0.113. The van der Waals surface area contributed by atoms with Crippen LogP contribution in [0.3, 0.4) is 0 Å². The van der Waals surface area contributed by atoms with E-state index in [2.05, 4.69) is 16.9 Å². The zero-order chi connectivity index (χ0) is 11.4. The molecule has 0 unspecified atom stereocenters. The lowest BCUT2D eigenvalue weighted by atomic mass is 10.1. The van der Waals surface area contributed by atoms with Crippen molar-refractivity contribution < 1.29 is 4.79 Å². The highest BCUT2D eigenvalue weighted by molar-refractivity contribution is 6.34. The molecule has 0 atom stereocenters. The van der Waals surface area contributed by atoms with Gasteiger partial charge in [0.25, 0.3) is 5.91 Å². The number of amides is 1. The average Bonchev–Trinajstić information content (AvgIpc) is 2.12. The summed E-state index contributed by atoms with van der Waals surface area (Å²) in [6.07, 6.45) is 1.59. The molecule has 1 rings (SSSR count). The number of nitrogens with zero attached hydrogens (tertiary/aromatic N) is 1. The van der Waals surface area contributed by atoms with E-state index in [1.165, 1.54) is 0 Å². The fourth-order valence-electron chi connectivity index (χ4n) is 1.12. The van der Waals surface area contributed by atoms with Crippen LogP contribution in [0.4, 0.5) is 0 Å². The van der Waals surface area contributed by atoms with Crippen molar-refractivity contribution in [1.82, 2.24) is 10.3 Å². The number of aromatic nitrogens is 1. The molecule has 5 heteroatoms. The van der Waals surface area contributed by atoms with Crippen LogP contribution >= 0.6 is 23.2 Å². The Bertz CT molecular complexity index is 381. The number of halogens is 2. The molecule has 3 nitrogen and oxygen atoms in total. The summed E-state index contributed by atoms with van der Waals surface area (Å²) >= 11 is 11.5. The van der Waals surface area contributed by atoms with E-state index in [9.17, 15) is 4.79 Å². The molecule has 0 aromatic carbocycles. The zero-order valence-electron chi connectivity index (χ0n) is 8.18. The first-order valence-corrected chi connectivity index (χ1v) is 5.03. The van der Waals surface area contributed by atoms with Crippen LogP contribution in [0.2, 0.25) is 10.3 Å². The molecule has 1 N–H and O–H groups in total. The van der Waals surface area contributed by atoms with Crippen molar-refractivity contribution in [3.8, 4) is 0 Å². The minimum atomic E-state index is -0.276. The molecule has 0 spiro atoms. The van der Waals surface area contributed by atoms with E-state index in [-0.39, 0.29) is 16.2 Å². The van der Waals surface area contributed by atoms with Crippen molar-refractivity contribution in [2.45, 2.75) is 6.92 Å². The molecule has 0 bridgehead atoms. The molecular weight excluding hydrogens is 235 g/mol. The standard InChI is InChI=1S/C10H10Cl2N2O/c1-3-4-13-10(15)8-6(2)5-7(11)14-9(8)12/h3,5H,1,4H2,2H3,(H,13,15). The number of pyridine rings is 1. The second-order valence-corrected chi connectivity index (χ2v) is 3.67. The molecule has 1 aromatic rings. The maximum atomic E-state index is 11.6. The van der Waals surface area contributed by atoms with Gasteiger partial charge in [-0.1, -0.05) is 29.3 Å². The minimum Gasteiger partial charge on any atom is -0.348 e. The van der Waals surface area contributed by atoms with E-state index in [0.717, 1.165) is 0 Å². The summed E-state index contributed by atoms with van der Waals surface area (Å²) < 4.78 is 0.